The Bertz CT molecular complexity index is 667. The summed E-state index contributed by atoms with van der Waals surface area (Å²) in [5.74, 6) is -0.551. The van der Waals surface area contributed by atoms with Crippen LogP contribution in [0.2, 0.25) is 0 Å². The first-order valence-electron chi connectivity index (χ1n) is 5.78. The van der Waals surface area contributed by atoms with Crippen molar-refractivity contribution in [2.45, 2.75) is 6.18 Å². The monoisotopic (exact) mass is 302 g/mol. The number of nitrogen functional groups attached to an aromatic ring is 1. The van der Waals surface area contributed by atoms with Gasteiger partial charge in [-0.3, -0.25) is 0 Å². The lowest BCUT2D eigenvalue weighted by molar-refractivity contribution is -0.136. The summed E-state index contributed by atoms with van der Waals surface area (Å²) in [5.41, 5.74) is 4.16. The van der Waals surface area contributed by atoms with Crippen LogP contribution in [0.25, 0.3) is 11.3 Å². The molecule has 0 radical (unpaired) electrons. The van der Waals surface area contributed by atoms with Crippen molar-refractivity contribution >= 4 is 11.8 Å². The van der Waals surface area contributed by atoms with E-state index in [4.69, 9.17) is 10.5 Å². The maximum Gasteiger partial charge on any atom is 0.422 e. The van der Waals surface area contributed by atoms with Crippen molar-refractivity contribution in [2.24, 2.45) is 7.05 Å². The molecular weight excluding hydrogens is 289 g/mol. The van der Waals surface area contributed by atoms with Crippen molar-refractivity contribution in [3.8, 4) is 17.1 Å². The van der Waals surface area contributed by atoms with Crippen LogP contribution < -0.4 is 15.8 Å². The highest BCUT2D eigenvalue weighted by Gasteiger charge is 2.40. The highest BCUT2D eigenvalue weighted by molar-refractivity contribution is 5.74. The standard InChI is InChI=1S/C11H13F3N6O/c1-16-8-6(11(12,13)14)7(18-10(15)19-8)5-4-17-20(2)9(5)21-3/h4H,1-3H3,(H3,15,16,18,19). The Morgan fingerprint density at radius 3 is 2.52 bits per heavy atom. The van der Waals surface area contributed by atoms with Crippen LogP contribution >= 0.6 is 0 Å². The number of methoxy groups -OCH3 is 1. The lowest BCUT2D eigenvalue weighted by Gasteiger charge is -2.16. The summed E-state index contributed by atoms with van der Waals surface area (Å²) in [6.45, 7) is 0. The van der Waals surface area contributed by atoms with E-state index < -0.39 is 17.6 Å². The number of alkyl halides is 3. The third kappa shape index (κ3) is 2.56. The predicted octanol–water partition coefficient (Wildman–Crippen LogP) is 1.53. The molecule has 0 aromatic carbocycles. The first kappa shape index (κ1) is 14.9. The van der Waals surface area contributed by atoms with Crippen LogP contribution in [0.3, 0.4) is 0 Å². The van der Waals surface area contributed by atoms with Gasteiger partial charge in [0, 0.05) is 14.1 Å². The van der Waals surface area contributed by atoms with E-state index in [1.807, 2.05) is 0 Å². The average Bonchev–Trinajstić information content (AvgIpc) is 2.77. The first-order valence-corrected chi connectivity index (χ1v) is 5.78. The summed E-state index contributed by atoms with van der Waals surface area (Å²) in [6.07, 6.45) is -3.43. The Morgan fingerprint density at radius 1 is 1.33 bits per heavy atom. The number of hydrogen-bond acceptors (Lipinski definition) is 6. The Kier molecular flexibility index (Phi) is 3.62. The predicted molar refractivity (Wildman–Crippen MR) is 69.7 cm³/mol. The van der Waals surface area contributed by atoms with Gasteiger partial charge in [0.2, 0.25) is 11.8 Å². The molecule has 0 bridgehead atoms. The molecule has 2 aromatic rings. The van der Waals surface area contributed by atoms with E-state index in [9.17, 15) is 13.2 Å². The Hall–Kier alpha value is -2.52. The fourth-order valence-corrected chi connectivity index (χ4v) is 1.95. The molecule has 0 saturated carbocycles. The molecule has 10 heteroatoms. The van der Waals surface area contributed by atoms with Crippen LogP contribution in [-0.2, 0) is 13.2 Å². The number of nitrogens with zero attached hydrogens (tertiary/aromatic N) is 4. The highest BCUT2D eigenvalue weighted by atomic mass is 19.4. The molecule has 21 heavy (non-hydrogen) atoms. The minimum atomic E-state index is -4.66. The number of nitrogens with one attached hydrogen (secondary N) is 1. The quantitative estimate of drug-likeness (QED) is 0.893. The number of aryl methyl sites for hydroxylation is 1. The van der Waals surface area contributed by atoms with Gasteiger partial charge in [-0.2, -0.15) is 23.3 Å². The van der Waals surface area contributed by atoms with Crippen LogP contribution in [0, 0.1) is 0 Å². The molecule has 0 unspecified atom stereocenters. The summed E-state index contributed by atoms with van der Waals surface area (Å²) in [5, 5.41) is 6.25. The van der Waals surface area contributed by atoms with Crippen molar-refractivity contribution in [1.29, 1.82) is 0 Å². The fourth-order valence-electron chi connectivity index (χ4n) is 1.95. The number of anilines is 2. The Balaban J connectivity index is 2.81. The molecule has 0 aliphatic rings. The molecule has 7 nitrogen and oxygen atoms in total. The van der Waals surface area contributed by atoms with E-state index in [1.54, 1.807) is 7.05 Å². The number of halogens is 3. The molecule has 0 fully saturated rings. The van der Waals surface area contributed by atoms with E-state index >= 15 is 0 Å². The van der Waals surface area contributed by atoms with Gasteiger partial charge in [-0.05, 0) is 0 Å². The molecular formula is C11H13F3N6O. The van der Waals surface area contributed by atoms with Crippen LogP contribution in [0.1, 0.15) is 5.56 Å². The van der Waals surface area contributed by atoms with Gasteiger partial charge in [-0.15, -0.1) is 0 Å². The number of aromatic nitrogens is 4. The van der Waals surface area contributed by atoms with Gasteiger partial charge < -0.3 is 15.8 Å². The van der Waals surface area contributed by atoms with Gasteiger partial charge in [-0.1, -0.05) is 0 Å². The zero-order valence-corrected chi connectivity index (χ0v) is 11.5. The highest BCUT2D eigenvalue weighted by Crippen LogP contribution is 2.42. The topological polar surface area (TPSA) is 90.9 Å². The fraction of sp³-hybridized carbons (Fsp3) is 0.364. The second-order valence-electron chi connectivity index (χ2n) is 4.09. The van der Waals surface area contributed by atoms with E-state index in [0.717, 1.165) is 0 Å². The Morgan fingerprint density at radius 2 is 2.00 bits per heavy atom. The molecule has 0 spiro atoms. The van der Waals surface area contributed by atoms with Crippen molar-refractivity contribution in [3.05, 3.63) is 11.8 Å². The maximum atomic E-state index is 13.3. The van der Waals surface area contributed by atoms with Crippen molar-refractivity contribution < 1.29 is 17.9 Å². The number of ether oxygens (including phenoxy) is 1. The number of nitrogens with two attached hydrogens (primary N) is 1. The Labute approximate surface area is 117 Å². The molecule has 114 valence electrons. The number of hydrogen-bond donors (Lipinski definition) is 2. The minimum absolute atomic E-state index is 0.0814. The third-order valence-electron chi connectivity index (χ3n) is 2.78. The molecule has 2 rings (SSSR count). The van der Waals surface area contributed by atoms with Crippen LogP contribution in [-0.4, -0.2) is 33.9 Å². The maximum absolute atomic E-state index is 13.3. The second-order valence-corrected chi connectivity index (χ2v) is 4.09. The average molecular weight is 302 g/mol. The van der Waals surface area contributed by atoms with Crippen molar-refractivity contribution in [1.82, 2.24) is 19.7 Å². The van der Waals surface area contributed by atoms with Crippen LogP contribution in [0.4, 0.5) is 24.9 Å². The van der Waals surface area contributed by atoms with Crippen molar-refractivity contribution in [3.63, 3.8) is 0 Å². The van der Waals surface area contributed by atoms with Gasteiger partial charge in [0.1, 0.15) is 11.4 Å². The third-order valence-corrected chi connectivity index (χ3v) is 2.78. The zero-order chi connectivity index (χ0) is 15.8. The van der Waals surface area contributed by atoms with E-state index in [2.05, 4.69) is 20.4 Å². The molecule has 0 amide bonds. The van der Waals surface area contributed by atoms with E-state index in [1.165, 1.54) is 25.0 Å². The summed E-state index contributed by atoms with van der Waals surface area (Å²) < 4.78 is 46.3. The van der Waals surface area contributed by atoms with Gasteiger partial charge in [0.05, 0.1) is 24.6 Å². The SMILES string of the molecule is CNc1nc(N)nc(-c2cnn(C)c2OC)c1C(F)(F)F. The molecule has 3 N–H and O–H groups in total. The summed E-state index contributed by atoms with van der Waals surface area (Å²) in [6, 6.07) is 0. The van der Waals surface area contributed by atoms with E-state index in [0.29, 0.717) is 0 Å². The summed E-state index contributed by atoms with van der Waals surface area (Å²) in [7, 11) is 4.19. The molecule has 0 atom stereocenters. The summed E-state index contributed by atoms with van der Waals surface area (Å²) in [4.78, 5) is 7.29. The van der Waals surface area contributed by atoms with Crippen LogP contribution in [0.5, 0.6) is 5.88 Å². The van der Waals surface area contributed by atoms with Gasteiger partial charge in [0.15, 0.2) is 0 Å². The molecule has 2 aromatic heterocycles. The molecule has 0 saturated heterocycles. The van der Waals surface area contributed by atoms with Gasteiger partial charge in [0.25, 0.3) is 0 Å². The smallest absolute Gasteiger partial charge is 0.422 e. The number of rotatable bonds is 3. The van der Waals surface area contributed by atoms with Crippen molar-refractivity contribution in [2.75, 3.05) is 25.2 Å². The summed E-state index contributed by atoms with van der Waals surface area (Å²) >= 11 is 0. The lowest BCUT2D eigenvalue weighted by atomic mass is 10.1. The largest absolute Gasteiger partial charge is 0.481 e. The molecule has 0 aliphatic heterocycles. The van der Waals surface area contributed by atoms with E-state index in [-0.39, 0.29) is 23.1 Å². The second kappa shape index (κ2) is 5.11. The molecule has 2 heterocycles. The zero-order valence-electron chi connectivity index (χ0n) is 11.5. The normalized spacial score (nSPS) is 11.5. The first-order chi connectivity index (χ1) is 9.79. The molecule has 0 aliphatic carbocycles. The van der Waals surface area contributed by atoms with Crippen LogP contribution in [0.15, 0.2) is 6.20 Å². The lowest BCUT2D eigenvalue weighted by Crippen LogP contribution is -2.15. The van der Waals surface area contributed by atoms with Gasteiger partial charge in [-0.25, -0.2) is 9.67 Å². The minimum Gasteiger partial charge on any atom is -0.481 e. The van der Waals surface area contributed by atoms with Gasteiger partial charge >= 0.3 is 6.18 Å².